The Balaban J connectivity index is 0.000000157. The van der Waals surface area contributed by atoms with Gasteiger partial charge >= 0.3 is 11.9 Å². The summed E-state index contributed by atoms with van der Waals surface area (Å²) in [6.07, 6.45) is -0.864. The number of benzene rings is 4. The topological polar surface area (TPSA) is 130 Å². The molecule has 43 heavy (non-hydrogen) atoms. The summed E-state index contributed by atoms with van der Waals surface area (Å²) in [6.45, 7) is 0. The number of ether oxygens (including phenoxy) is 2. The van der Waals surface area contributed by atoms with Crippen molar-refractivity contribution in [3.05, 3.63) is 115 Å². The molecule has 0 amide bonds. The third-order valence-corrected chi connectivity index (χ3v) is 11.2. The molecule has 0 spiro atoms. The van der Waals surface area contributed by atoms with Crippen molar-refractivity contribution in [1.29, 1.82) is 0 Å². The molecule has 6 unspecified atom stereocenters. The van der Waals surface area contributed by atoms with Crippen LogP contribution in [-0.4, -0.2) is 42.2 Å². The van der Waals surface area contributed by atoms with E-state index in [1.54, 1.807) is 0 Å². The molecule has 1 aliphatic heterocycles. The van der Waals surface area contributed by atoms with Crippen molar-refractivity contribution in [1.82, 2.24) is 0 Å². The van der Waals surface area contributed by atoms with Crippen LogP contribution >= 0.6 is 0 Å². The molecule has 1 saturated heterocycles. The van der Waals surface area contributed by atoms with Crippen LogP contribution in [0.15, 0.2) is 135 Å². The number of rotatable bonds is 6. The van der Waals surface area contributed by atoms with E-state index in [9.17, 15) is 27.7 Å². The molecule has 0 aromatic heterocycles. The maximum atomic E-state index is 12.4. The summed E-state index contributed by atoms with van der Waals surface area (Å²) in [6, 6.07) is 36.6. The lowest BCUT2D eigenvalue weighted by Crippen LogP contribution is -2.42. The summed E-state index contributed by atoms with van der Waals surface area (Å²) < 4.78 is 43.0. The Kier molecular flexibility index (Phi) is 8.11. The van der Waals surface area contributed by atoms with E-state index < -0.39 is 51.0 Å². The maximum absolute atomic E-state index is 12.4. The van der Waals surface area contributed by atoms with Gasteiger partial charge in [0.1, 0.15) is 22.0 Å². The Hall–Kier alpha value is -3.96. The summed E-state index contributed by atoms with van der Waals surface area (Å²) in [5, 5.41) is 10.1. The Morgan fingerprint density at radius 3 is 1.74 bits per heavy atom. The van der Waals surface area contributed by atoms with Crippen LogP contribution in [0.2, 0.25) is 0 Å². The third kappa shape index (κ3) is 5.83. The lowest BCUT2D eigenvalue weighted by molar-refractivity contribution is -0.149. The molecule has 10 heteroatoms. The smallest absolute Gasteiger partial charge is 0.315 e. The average molecular weight is 617 g/mol. The highest BCUT2D eigenvalue weighted by molar-refractivity contribution is 7.97. The van der Waals surface area contributed by atoms with Crippen LogP contribution < -0.4 is 4.74 Å². The molecule has 7 rings (SSSR count). The van der Waals surface area contributed by atoms with Crippen LogP contribution in [0.1, 0.15) is 6.42 Å². The van der Waals surface area contributed by atoms with Gasteiger partial charge in [-0.15, -0.1) is 0 Å². The predicted molar refractivity (Wildman–Crippen MR) is 156 cm³/mol. The molecule has 1 heterocycles. The number of hydrogen-bond donors (Lipinski definition) is 1. The van der Waals surface area contributed by atoms with Gasteiger partial charge in [-0.05, 0) is 67.1 Å². The maximum Gasteiger partial charge on any atom is 0.315 e. The van der Waals surface area contributed by atoms with Crippen molar-refractivity contribution in [2.45, 2.75) is 38.2 Å². The highest BCUT2D eigenvalue weighted by Gasteiger charge is 2.68. The second-order valence-corrected chi connectivity index (χ2v) is 14.0. The summed E-state index contributed by atoms with van der Waals surface area (Å²) in [5.74, 6) is -3.02. The van der Waals surface area contributed by atoms with Gasteiger partial charge in [-0.25, -0.2) is 8.42 Å². The number of carbonyl (C=O) groups is 2. The van der Waals surface area contributed by atoms with Crippen molar-refractivity contribution >= 4 is 33.0 Å². The van der Waals surface area contributed by atoms with E-state index in [2.05, 4.69) is 91.0 Å². The summed E-state index contributed by atoms with van der Waals surface area (Å²) in [4.78, 5) is 28.0. The molecular formula is C33H28O8S2. The van der Waals surface area contributed by atoms with Gasteiger partial charge in [0.15, 0.2) is 14.7 Å². The van der Waals surface area contributed by atoms with Crippen molar-refractivity contribution < 1.29 is 37.1 Å². The van der Waals surface area contributed by atoms with Gasteiger partial charge in [0.05, 0.1) is 33.7 Å². The second-order valence-electron chi connectivity index (χ2n) is 10.6. The minimum absolute atomic E-state index is 0.0146. The van der Waals surface area contributed by atoms with E-state index in [4.69, 9.17) is 9.47 Å². The van der Waals surface area contributed by atoms with Gasteiger partial charge < -0.3 is 19.1 Å². The molecule has 4 aromatic rings. The van der Waals surface area contributed by atoms with E-state index in [0.29, 0.717) is 6.42 Å². The zero-order valence-corrected chi connectivity index (χ0v) is 24.4. The number of aliphatic hydroxyl groups excluding tert-OH is 1. The molecular weight excluding hydrogens is 588 g/mol. The fraction of sp³-hybridized carbons (Fsp3) is 0.212. The molecule has 8 nitrogen and oxygen atoms in total. The van der Waals surface area contributed by atoms with Crippen LogP contribution in [-0.2, 0) is 35.3 Å². The molecule has 4 aromatic carbocycles. The summed E-state index contributed by atoms with van der Waals surface area (Å²) in [5.41, 5.74) is 0. The Morgan fingerprint density at radius 1 is 0.791 bits per heavy atom. The SMILES string of the molecule is O=C(Oc1ccc(S(=O)(=O)[O-])cc1)C1C2CC3C(OC(=O)C31)C2O.c1ccc([S+](c2ccccc2)c2ccccc2)cc1. The summed E-state index contributed by atoms with van der Waals surface area (Å²) in [7, 11) is -4.59. The van der Waals surface area contributed by atoms with Gasteiger partial charge in [0.25, 0.3) is 0 Å². The molecule has 2 saturated carbocycles. The standard InChI is InChI=1S/C18H15S.C15H14O8S/c1-4-10-16(11-5-1)19(17-12-6-2-7-13-17)18-14-8-3-9-15-18;16-12-8-5-9-11(15(18)23-13(9)12)10(8)14(17)22-6-1-3-7(4-2-6)24(19,20)21/h1-15H;1-4,8-13,16H,5H2,(H,19,20,21)/q+1;/p-1. The lowest BCUT2D eigenvalue weighted by atomic mass is 9.78. The van der Waals surface area contributed by atoms with E-state index in [1.807, 2.05) is 0 Å². The Labute approximate surface area is 252 Å². The zero-order chi connectivity index (χ0) is 30.1. The predicted octanol–water partition coefficient (Wildman–Crippen LogP) is 4.45. The van der Waals surface area contributed by atoms with Gasteiger partial charge in [0.2, 0.25) is 0 Å². The Bertz CT molecular complexity index is 1600. The molecule has 3 fully saturated rings. The molecule has 220 valence electrons. The highest BCUT2D eigenvalue weighted by Crippen LogP contribution is 2.58. The van der Waals surface area contributed by atoms with Crippen LogP contribution in [0.25, 0.3) is 0 Å². The van der Waals surface area contributed by atoms with Crippen LogP contribution in [0, 0.1) is 23.7 Å². The summed E-state index contributed by atoms with van der Waals surface area (Å²) >= 11 is 0. The van der Waals surface area contributed by atoms with Gasteiger partial charge in [0, 0.05) is 11.8 Å². The van der Waals surface area contributed by atoms with Gasteiger partial charge in [-0.2, -0.15) is 0 Å². The monoisotopic (exact) mass is 616 g/mol. The largest absolute Gasteiger partial charge is 0.744 e. The number of aliphatic hydroxyl groups is 1. The van der Waals surface area contributed by atoms with Crippen molar-refractivity contribution in [3.8, 4) is 5.75 Å². The minimum Gasteiger partial charge on any atom is -0.744 e. The second kappa shape index (κ2) is 12.0. The number of carbonyl (C=O) groups excluding carboxylic acids is 2. The first-order valence-corrected chi connectivity index (χ1v) is 16.4. The van der Waals surface area contributed by atoms with Crippen molar-refractivity contribution in [2.75, 3.05) is 0 Å². The van der Waals surface area contributed by atoms with E-state index >= 15 is 0 Å². The highest BCUT2D eigenvalue weighted by atomic mass is 32.2. The fourth-order valence-electron chi connectivity index (χ4n) is 6.28. The molecule has 1 N–H and O–H groups in total. The first kappa shape index (κ1) is 29.1. The van der Waals surface area contributed by atoms with Gasteiger partial charge in [-0.3, -0.25) is 9.59 Å². The lowest BCUT2D eigenvalue weighted by Gasteiger charge is -2.26. The number of esters is 2. The van der Waals surface area contributed by atoms with Crippen LogP contribution in [0.4, 0.5) is 0 Å². The van der Waals surface area contributed by atoms with Gasteiger partial charge in [-0.1, -0.05) is 54.6 Å². The molecule has 2 aliphatic carbocycles. The first-order valence-electron chi connectivity index (χ1n) is 13.8. The van der Waals surface area contributed by atoms with E-state index in [1.165, 1.54) is 26.8 Å². The molecule has 0 radical (unpaired) electrons. The van der Waals surface area contributed by atoms with Crippen molar-refractivity contribution in [3.63, 3.8) is 0 Å². The van der Waals surface area contributed by atoms with E-state index in [-0.39, 0.29) is 28.5 Å². The number of hydrogen-bond acceptors (Lipinski definition) is 8. The van der Waals surface area contributed by atoms with Crippen molar-refractivity contribution in [2.24, 2.45) is 23.7 Å². The number of fused-ring (bicyclic) bond motifs is 1. The third-order valence-electron chi connectivity index (χ3n) is 8.12. The first-order chi connectivity index (χ1) is 20.7. The van der Waals surface area contributed by atoms with E-state index in [0.717, 1.165) is 12.1 Å². The molecule has 2 bridgehead atoms. The normalized spacial score (nSPS) is 25.1. The fourth-order valence-corrected chi connectivity index (χ4v) is 8.85. The quantitative estimate of drug-likeness (QED) is 0.146. The zero-order valence-electron chi connectivity index (χ0n) is 22.8. The minimum atomic E-state index is -4.58. The molecule has 6 atom stereocenters. The average Bonchev–Trinajstić information content (AvgIpc) is 3.64. The van der Waals surface area contributed by atoms with Crippen LogP contribution in [0.3, 0.4) is 0 Å². The molecule has 3 aliphatic rings. The Morgan fingerprint density at radius 2 is 1.28 bits per heavy atom. The van der Waals surface area contributed by atoms with Crippen LogP contribution in [0.5, 0.6) is 5.75 Å².